The normalized spacial score (nSPS) is 13.4. The van der Waals surface area contributed by atoms with Crippen LogP contribution in [0.3, 0.4) is 0 Å². The van der Waals surface area contributed by atoms with Crippen molar-refractivity contribution in [1.29, 1.82) is 0 Å². The van der Waals surface area contributed by atoms with E-state index in [9.17, 15) is 14.3 Å². The van der Waals surface area contributed by atoms with Gasteiger partial charge in [0.2, 0.25) is 0 Å². The summed E-state index contributed by atoms with van der Waals surface area (Å²) in [6.07, 6.45) is -0.514. The zero-order valence-corrected chi connectivity index (χ0v) is 14.0. The van der Waals surface area contributed by atoms with E-state index >= 15 is 0 Å². The fourth-order valence-corrected chi connectivity index (χ4v) is 2.47. The molecule has 0 bridgehead atoms. The van der Waals surface area contributed by atoms with Crippen molar-refractivity contribution in [3.63, 3.8) is 0 Å². The molecule has 0 aliphatic heterocycles. The van der Waals surface area contributed by atoms with Gasteiger partial charge >= 0.3 is 6.03 Å². The van der Waals surface area contributed by atoms with Crippen LogP contribution in [0, 0.1) is 19.7 Å². The molecule has 7 heteroatoms. The summed E-state index contributed by atoms with van der Waals surface area (Å²) in [5.74, 6) is 0.232. The van der Waals surface area contributed by atoms with E-state index in [0.29, 0.717) is 6.42 Å². The van der Waals surface area contributed by atoms with Crippen LogP contribution in [0.1, 0.15) is 35.6 Å². The predicted molar refractivity (Wildman–Crippen MR) is 87.0 cm³/mol. The van der Waals surface area contributed by atoms with E-state index in [-0.39, 0.29) is 18.2 Å². The molecule has 2 rings (SSSR count). The number of amides is 2. The number of aliphatic hydroxyl groups is 1. The molecule has 0 radical (unpaired) electrons. The standard InChI is InChI=1S/C17H22FN3O3/c1-10(8-14-11(2)21-24-12(14)3)20-17(23)19-9-16(22)13-6-4-5-7-15(13)18/h4-7,10,16,22H,8-9H2,1-3H3,(H2,19,20,23). The summed E-state index contributed by atoms with van der Waals surface area (Å²) >= 11 is 0. The maximum Gasteiger partial charge on any atom is 0.315 e. The van der Waals surface area contributed by atoms with Crippen LogP contribution in [-0.2, 0) is 6.42 Å². The van der Waals surface area contributed by atoms with Gasteiger partial charge in [-0.3, -0.25) is 0 Å². The van der Waals surface area contributed by atoms with E-state index in [1.165, 1.54) is 12.1 Å². The van der Waals surface area contributed by atoms with Crippen molar-refractivity contribution in [1.82, 2.24) is 15.8 Å². The number of benzene rings is 1. The number of aromatic nitrogens is 1. The minimum atomic E-state index is -1.10. The second-order valence-corrected chi connectivity index (χ2v) is 5.80. The Bertz CT molecular complexity index is 683. The van der Waals surface area contributed by atoms with E-state index in [0.717, 1.165) is 17.0 Å². The second-order valence-electron chi connectivity index (χ2n) is 5.80. The monoisotopic (exact) mass is 335 g/mol. The smallest absolute Gasteiger partial charge is 0.315 e. The summed E-state index contributed by atoms with van der Waals surface area (Å²) in [4.78, 5) is 11.9. The van der Waals surface area contributed by atoms with Gasteiger partial charge in [0.05, 0.1) is 11.8 Å². The Balaban J connectivity index is 1.82. The van der Waals surface area contributed by atoms with Gasteiger partial charge in [-0.05, 0) is 33.3 Å². The van der Waals surface area contributed by atoms with Crippen molar-refractivity contribution in [3.05, 3.63) is 52.7 Å². The SMILES string of the molecule is Cc1noc(C)c1CC(C)NC(=O)NCC(O)c1ccccc1F. The average molecular weight is 335 g/mol. The first-order chi connectivity index (χ1) is 11.4. The summed E-state index contributed by atoms with van der Waals surface area (Å²) in [5, 5.41) is 19.2. The number of rotatable bonds is 6. The van der Waals surface area contributed by atoms with Gasteiger partial charge in [-0.1, -0.05) is 23.4 Å². The number of nitrogens with one attached hydrogen (secondary N) is 2. The van der Waals surface area contributed by atoms with Crippen LogP contribution in [0.25, 0.3) is 0 Å². The lowest BCUT2D eigenvalue weighted by atomic mass is 10.1. The number of aliphatic hydroxyl groups excluding tert-OH is 1. The number of hydrogen-bond acceptors (Lipinski definition) is 4. The molecule has 0 fully saturated rings. The molecule has 1 aromatic heterocycles. The third kappa shape index (κ3) is 4.55. The fraction of sp³-hybridized carbons (Fsp3) is 0.412. The Labute approximate surface area is 140 Å². The van der Waals surface area contributed by atoms with Crippen molar-refractivity contribution in [2.45, 2.75) is 39.3 Å². The first-order valence-corrected chi connectivity index (χ1v) is 7.77. The molecule has 2 unspecified atom stereocenters. The number of nitrogens with zero attached hydrogens (tertiary/aromatic N) is 1. The van der Waals surface area contributed by atoms with Crippen molar-refractivity contribution >= 4 is 6.03 Å². The molecule has 2 atom stereocenters. The molecule has 0 saturated heterocycles. The van der Waals surface area contributed by atoms with Gasteiger partial charge in [-0.15, -0.1) is 0 Å². The van der Waals surface area contributed by atoms with Crippen molar-refractivity contribution in [2.24, 2.45) is 0 Å². The maximum atomic E-state index is 13.6. The lowest BCUT2D eigenvalue weighted by Gasteiger charge is -2.17. The summed E-state index contributed by atoms with van der Waals surface area (Å²) in [5.41, 5.74) is 1.92. The molecule has 130 valence electrons. The highest BCUT2D eigenvalue weighted by Crippen LogP contribution is 2.16. The van der Waals surface area contributed by atoms with Crippen LogP contribution >= 0.6 is 0 Å². The van der Waals surface area contributed by atoms with E-state index < -0.39 is 18.0 Å². The molecule has 2 aromatic rings. The summed E-state index contributed by atoms with van der Waals surface area (Å²) in [6.45, 7) is 5.46. The zero-order chi connectivity index (χ0) is 17.7. The molecule has 6 nitrogen and oxygen atoms in total. The van der Waals surface area contributed by atoms with Gasteiger partial charge in [-0.2, -0.15) is 0 Å². The zero-order valence-electron chi connectivity index (χ0n) is 14.0. The van der Waals surface area contributed by atoms with Crippen LogP contribution in [0.15, 0.2) is 28.8 Å². The Hall–Kier alpha value is -2.41. The molecule has 0 saturated carbocycles. The first-order valence-electron chi connectivity index (χ1n) is 7.77. The lowest BCUT2D eigenvalue weighted by Crippen LogP contribution is -2.43. The minimum Gasteiger partial charge on any atom is -0.386 e. The fourth-order valence-electron chi connectivity index (χ4n) is 2.47. The highest BCUT2D eigenvalue weighted by Gasteiger charge is 2.16. The average Bonchev–Trinajstić information content (AvgIpc) is 2.85. The van der Waals surface area contributed by atoms with Gasteiger partial charge in [0, 0.05) is 23.7 Å². The number of urea groups is 1. The molecule has 0 spiro atoms. The van der Waals surface area contributed by atoms with Crippen LogP contribution in [0.5, 0.6) is 0 Å². The molecular weight excluding hydrogens is 313 g/mol. The van der Waals surface area contributed by atoms with E-state index in [2.05, 4.69) is 15.8 Å². The summed E-state index contributed by atoms with van der Waals surface area (Å²) < 4.78 is 18.7. The maximum absolute atomic E-state index is 13.6. The Morgan fingerprint density at radius 2 is 2.08 bits per heavy atom. The van der Waals surface area contributed by atoms with Crippen LogP contribution in [-0.4, -0.2) is 28.9 Å². The third-order valence-corrected chi connectivity index (χ3v) is 3.79. The summed E-state index contributed by atoms with van der Waals surface area (Å²) in [6, 6.07) is 5.36. The quantitative estimate of drug-likeness (QED) is 0.756. The Morgan fingerprint density at radius 3 is 2.71 bits per heavy atom. The van der Waals surface area contributed by atoms with Gasteiger partial charge in [0.1, 0.15) is 11.6 Å². The molecule has 1 heterocycles. The van der Waals surface area contributed by atoms with Crippen LogP contribution in [0.2, 0.25) is 0 Å². The first kappa shape index (κ1) is 17.9. The van der Waals surface area contributed by atoms with Gasteiger partial charge in [0.25, 0.3) is 0 Å². The second kappa shape index (κ2) is 7.92. The van der Waals surface area contributed by atoms with E-state index in [1.807, 2.05) is 20.8 Å². The highest BCUT2D eigenvalue weighted by atomic mass is 19.1. The number of halogens is 1. The number of aryl methyl sites for hydroxylation is 2. The van der Waals surface area contributed by atoms with E-state index in [4.69, 9.17) is 4.52 Å². The van der Waals surface area contributed by atoms with Gasteiger partial charge in [0.15, 0.2) is 0 Å². The van der Waals surface area contributed by atoms with Crippen LogP contribution < -0.4 is 10.6 Å². The minimum absolute atomic E-state index is 0.0786. The Morgan fingerprint density at radius 1 is 1.38 bits per heavy atom. The largest absolute Gasteiger partial charge is 0.386 e. The topological polar surface area (TPSA) is 87.4 Å². The third-order valence-electron chi connectivity index (χ3n) is 3.79. The molecule has 1 aromatic carbocycles. The molecular formula is C17H22FN3O3. The van der Waals surface area contributed by atoms with Gasteiger partial charge < -0.3 is 20.3 Å². The number of carbonyl (C=O) groups is 1. The van der Waals surface area contributed by atoms with E-state index in [1.54, 1.807) is 12.1 Å². The van der Waals surface area contributed by atoms with Crippen LogP contribution in [0.4, 0.5) is 9.18 Å². The predicted octanol–water partition coefficient (Wildman–Crippen LogP) is 2.39. The molecule has 24 heavy (non-hydrogen) atoms. The highest BCUT2D eigenvalue weighted by molar-refractivity contribution is 5.74. The molecule has 2 amide bonds. The number of carbonyl (C=O) groups excluding carboxylic acids is 1. The lowest BCUT2D eigenvalue weighted by molar-refractivity contribution is 0.168. The number of hydrogen-bond donors (Lipinski definition) is 3. The van der Waals surface area contributed by atoms with Gasteiger partial charge in [-0.25, -0.2) is 9.18 Å². The molecule has 0 aliphatic carbocycles. The molecule has 3 N–H and O–H groups in total. The van der Waals surface area contributed by atoms with Crippen molar-refractivity contribution in [2.75, 3.05) is 6.54 Å². The summed E-state index contributed by atoms with van der Waals surface area (Å²) in [7, 11) is 0. The Kier molecular flexibility index (Phi) is 5.92. The molecule has 0 aliphatic rings. The van der Waals surface area contributed by atoms with Crippen molar-refractivity contribution in [3.8, 4) is 0 Å². The van der Waals surface area contributed by atoms with Crippen molar-refractivity contribution < 1.29 is 18.8 Å².